The zero-order valence-electron chi connectivity index (χ0n) is 4.76. The SMILES string of the molecule is CC(C)(C)[C-](F)F. The quantitative estimate of drug-likeness (QED) is 0.417. The molecule has 2 heteroatoms. The molecule has 0 rings (SSSR count). The third-order valence-electron chi connectivity index (χ3n) is 0.567. The van der Waals surface area contributed by atoms with Crippen LogP contribution in [0.1, 0.15) is 20.8 Å². The van der Waals surface area contributed by atoms with Gasteiger partial charge in [0.2, 0.25) is 0 Å². The normalized spacial score (nSPS) is 12.9. The van der Waals surface area contributed by atoms with Crippen LogP contribution in [0.5, 0.6) is 0 Å². The lowest BCUT2D eigenvalue weighted by Gasteiger charge is -2.29. The molecule has 0 aliphatic heterocycles. The molecular weight excluding hydrogens is 98.1 g/mol. The minimum atomic E-state index is -1.51. The average Bonchev–Trinajstić information content (AvgIpc) is 1.31. The number of rotatable bonds is 0. The molecular formula is C5H9F2-. The third kappa shape index (κ3) is 2.54. The maximum Gasteiger partial charge on any atom is 0.00648 e. The second kappa shape index (κ2) is 1.76. The standard InChI is InChI=1S/C5H9F2/c1-5(2,3)4(6)7/h1-3H3/q-1. The van der Waals surface area contributed by atoms with Gasteiger partial charge < -0.3 is 8.78 Å². The largest absolute Gasteiger partial charge is 0.421 e. The Balaban J connectivity index is 3.54. The fraction of sp³-hybridized carbons (Fsp3) is 0.800. The lowest BCUT2D eigenvalue weighted by molar-refractivity contribution is 0.154. The van der Waals surface area contributed by atoms with Crippen LogP contribution in [0.25, 0.3) is 0 Å². The van der Waals surface area contributed by atoms with Crippen LogP contribution in [-0.4, -0.2) is 0 Å². The van der Waals surface area contributed by atoms with E-state index in [1.54, 1.807) is 0 Å². The van der Waals surface area contributed by atoms with E-state index in [0.29, 0.717) is 0 Å². The predicted molar refractivity (Wildman–Crippen MR) is 24.9 cm³/mol. The second-order valence-corrected chi connectivity index (χ2v) is 2.51. The van der Waals surface area contributed by atoms with Gasteiger partial charge in [-0.05, 0) is 0 Å². The van der Waals surface area contributed by atoms with Crippen LogP contribution < -0.4 is 0 Å². The van der Waals surface area contributed by atoms with Crippen molar-refractivity contribution in [2.75, 3.05) is 0 Å². The molecule has 0 amide bonds. The summed E-state index contributed by atoms with van der Waals surface area (Å²) in [4.78, 5) is 0. The molecule has 0 aliphatic carbocycles. The highest BCUT2D eigenvalue weighted by atomic mass is 19.3. The Morgan fingerprint density at radius 2 is 1.29 bits per heavy atom. The van der Waals surface area contributed by atoms with Gasteiger partial charge >= 0.3 is 0 Å². The summed E-state index contributed by atoms with van der Waals surface area (Å²) in [6.07, 6.45) is -1.51. The zero-order valence-corrected chi connectivity index (χ0v) is 4.76. The molecule has 0 aromatic rings. The minimum absolute atomic E-state index is 0.917. The van der Waals surface area contributed by atoms with E-state index in [0.717, 1.165) is 0 Å². The van der Waals surface area contributed by atoms with Gasteiger partial charge in [0.25, 0.3) is 0 Å². The smallest absolute Gasteiger partial charge is 0.00648 e. The van der Waals surface area contributed by atoms with Crippen LogP contribution in [-0.2, 0) is 0 Å². The number of hydrogen-bond acceptors (Lipinski definition) is 0. The summed E-state index contributed by atoms with van der Waals surface area (Å²) in [6, 6.07) is 0. The molecule has 0 aromatic carbocycles. The Morgan fingerprint density at radius 1 is 1.14 bits per heavy atom. The maximum atomic E-state index is 11.5. The monoisotopic (exact) mass is 107 g/mol. The molecule has 0 N–H and O–H groups in total. The molecule has 0 saturated carbocycles. The summed E-state index contributed by atoms with van der Waals surface area (Å²) in [7, 11) is 0. The van der Waals surface area contributed by atoms with Crippen molar-refractivity contribution in [2.45, 2.75) is 20.8 Å². The van der Waals surface area contributed by atoms with Gasteiger partial charge in [-0.15, -0.1) is 5.41 Å². The van der Waals surface area contributed by atoms with E-state index in [2.05, 4.69) is 0 Å². The molecule has 0 heterocycles. The van der Waals surface area contributed by atoms with Crippen LogP contribution in [0.4, 0.5) is 8.78 Å². The Hall–Kier alpha value is -0.140. The summed E-state index contributed by atoms with van der Waals surface area (Å²) in [5.74, 6) is 0. The maximum absolute atomic E-state index is 11.5. The molecule has 7 heavy (non-hydrogen) atoms. The van der Waals surface area contributed by atoms with Gasteiger partial charge in [0, 0.05) is 6.43 Å². The first-order valence-corrected chi connectivity index (χ1v) is 2.13. The molecule has 0 aliphatic rings. The Morgan fingerprint density at radius 3 is 1.29 bits per heavy atom. The van der Waals surface area contributed by atoms with Gasteiger partial charge in [-0.3, -0.25) is 0 Å². The first kappa shape index (κ1) is 6.86. The summed E-state index contributed by atoms with van der Waals surface area (Å²) in [6.45, 7) is 4.42. The molecule has 0 nitrogen and oxygen atoms in total. The molecule has 0 fully saturated rings. The molecule has 0 aromatic heterocycles. The molecule has 0 radical (unpaired) electrons. The molecule has 0 atom stereocenters. The lowest BCUT2D eigenvalue weighted by atomic mass is 9.98. The summed E-state index contributed by atoms with van der Waals surface area (Å²) in [5, 5.41) is 0. The number of halogens is 2. The van der Waals surface area contributed by atoms with Gasteiger partial charge in [-0.1, -0.05) is 20.8 Å². The highest BCUT2D eigenvalue weighted by molar-refractivity contribution is 4.77. The van der Waals surface area contributed by atoms with Crippen molar-refractivity contribution in [3.63, 3.8) is 0 Å². The van der Waals surface area contributed by atoms with Gasteiger partial charge in [0.05, 0.1) is 0 Å². The highest BCUT2D eigenvalue weighted by Crippen LogP contribution is 2.29. The molecule has 0 unspecified atom stereocenters. The van der Waals surface area contributed by atoms with Crippen molar-refractivity contribution in [3.05, 3.63) is 6.43 Å². The van der Waals surface area contributed by atoms with Crippen LogP contribution in [0.3, 0.4) is 0 Å². The van der Waals surface area contributed by atoms with E-state index < -0.39 is 11.8 Å². The fourth-order valence-corrected chi connectivity index (χ4v) is 0. The summed E-state index contributed by atoms with van der Waals surface area (Å²) < 4.78 is 22.9. The second-order valence-electron chi connectivity index (χ2n) is 2.51. The van der Waals surface area contributed by atoms with Crippen molar-refractivity contribution in [2.24, 2.45) is 5.41 Å². The Kier molecular flexibility index (Phi) is 1.73. The Labute approximate surface area is 42.5 Å². The topological polar surface area (TPSA) is 0 Å². The molecule has 0 saturated heterocycles. The first-order chi connectivity index (χ1) is 2.94. The number of hydrogen-bond donors (Lipinski definition) is 0. The van der Waals surface area contributed by atoms with Crippen molar-refractivity contribution in [3.8, 4) is 0 Å². The van der Waals surface area contributed by atoms with Crippen LogP contribution in [0.2, 0.25) is 0 Å². The summed E-state index contributed by atoms with van der Waals surface area (Å²) in [5.41, 5.74) is -0.917. The predicted octanol–water partition coefficient (Wildman–Crippen LogP) is 2.46. The van der Waals surface area contributed by atoms with Gasteiger partial charge in [0.15, 0.2) is 0 Å². The van der Waals surface area contributed by atoms with E-state index in [-0.39, 0.29) is 0 Å². The molecule has 44 valence electrons. The van der Waals surface area contributed by atoms with Crippen molar-refractivity contribution >= 4 is 0 Å². The van der Waals surface area contributed by atoms with Crippen LogP contribution in [0, 0.1) is 11.8 Å². The van der Waals surface area contributed by atoms with E-state index in [1.807, 2.05) is 0 Å². The third-order valence-corrected chi connectivity index (χ3v) is 0.567. The van der Waals surface area contributed by atoms with Crippen molar-refractivity contribution < 1.29 is 8.78 Å². The Bertz CT molecular complexity index is 51.6. The van der Waals surface area contributed by atoms with E-state index >= 15 is 0 Å². The lowest BCUT2D eigenvalue weighted by Crippen LogP contribution is -2.08. The summed E-state index contributed by atoms with van der Waals surface area (Å²) >= 11 is 0. The van der Waals surface area contributed by atoms with E-state index in [9.17, 15) is 8.78 Å². The van der Waals surface area contributed by atoms with E-state index in [4.69, 9.17) is 0 Å². The minimum Gasteiger partial charge on any atom is -0.421 e. The zero-order chi connectivity index (χ0) is 6.08. The van der Waals surface area contributed by atoms with E-state index in [1.165, 1.54) is 20.8 Å². The van der Waals surface area contributed by atoms with Gasteiger partial charge in [-0.2, -0.15) is 0 Å². The average molecular weight is 107 g/mol. The highest BCUT2D eigenvalue weighted by Gasteiger charge is 2.08. The first-order valence-electron chi connectivity index (χ1n) is 2.13. The van der Waals surface area contributed by atoms with Gasteiger partial charge in [-0.25, -0.2) is 0 Å². The van der Waals surface area contributed by atoms with Crippen LogP contribution >= 0.6 is 0 Å². The fourth-order valence-electron chi connectivity index (χ4n) is 0. The van der Waals surface area contributed by atoms with Crippen molar-refractivity contribution in [1.82, 2.24) is 0 Å². The molecule has 0 spiro atoms. The molecule has 0 bridgehead atoms. The van der Waals surface area contributed by atoms with Crippen LogP contribution in [0.15, 0.2) is 0 Å². The van der Waals surface area contributed by atoms with Gasteiger partial charge in [0.1, 0.15) is 0 Å². The van der Waals surface area contributed by atoms with Crippen molar-refractivity contribution in [1.29, 1.82) is 0 Å².